The summed E-state index contributed by atoms with van der Waals surface area (Å²) in [4.78, 5) is 27.2. The number of anilines is 2. The van der Waals surface area contributed by atoms with Crippen LogP contribution in [0.3, 0.4) is 0 Å². The van der Waals surface area contributed by atoms with E-state index in [4.69, 9.17) is 10.5 Å². The Balaban J connectivity index is 1.80. The summed E-state index contributed by atoms with van der Waals surface area (Å²) in [5.74, 6) is -0.875. The van der Waals surface area contributed by atoms with E-state index in [-0.39, 0.29) is 12.3 Å². The fourth-order valence-corrected chi connectivity index (χ4v) is 3.49. The standard InChI is InChI=1S/C15H18BrN3O3/c16-12-8-11(19-9-10(15(17)21)7-14(19)20)1-2-13(12)18-3-5-22-6-4-18/h1-2,8,10H,3-7,9H2,(H2,17,21)/t10-/m0/s1. The number of carbonyl (C=O) groups excluding carboxylic acids is 2. The lowest BCUT2D eigenvalue weighted by atomic mass is 10.1. The first kappa shape index (κ1) is 15.3. The van der Waals surface area contributed by atoms with Crippen molar-refractivity contribution in [3.8, 4) is 0 Å². The first-order valence-corrected chi connectivity index (χ1v) is 8.07. The number of primary amides is 1. The fourth-order valence-electron chi connectivity index (χ4n) is 2.87. The first-order valence-electron chi connectivity index (χ1n) is 7.28. The van der Waals surface area contributed by atoms with Crippen LogP contribution in [-0.4, -0.2) is 44.7 Å². The number of hydrogen-bond acceptors (Lipinski definition) is 4. The minimum atomic E-state index is -0.417. The largest absolute Gasteiger partial charge is 0.378 e. The first-order chi connectivity index (χ1) is 10.6. The van der Waals surface area contributed by atoms with Gasteiger partial charge in [0.1, 0.15) is 0 Å². The van der Waals surface area contributed by atoms with Crippen molar-refractivity contribution in [2.75, 3.05) is 42.6 Å². The summed E-state index contributed by atoms with van der Waals surface area (Å²) >= 11 is 3.58. The summed E-state index contributed by atoms with van der Waals surface area (Å²) in [6.07, 6.45) is 0.193. The van der Waals surface area contributed by atoms with Crippen LogP contribution in [0, 0.1) is 5.92 Å². The zero-order chi connectivity index (χ0) is 15.7. The Hall–Kier alpha value is -1.60. The molecule has 2 aliphatic heterocycles. The van der Waals surface area contributed by atoms with Crippen molar-refractivity contribution < 1.29 is 14.3 Å². The van der Waals surface area contributed by atoms with Gasteiger partial charge >= 0.3 is 0 Å². The van der Waals surface area contributed by atoms with Crippen LogP contribution >= 0.6 is 15.9 Å². The van der Waals surface area contributed by atoms with Crippen molar-refractivity contribution in [1.29, 1.82) is 0 Å². The fraction of sp³-hybridized carbons (Fsp3) is 0.467. The summed E-state index contributed by atoms with van der Waals surface area (Å²) in [7, 11) is 0. The molecule has 0 aromatic heterocycles. The van der Waals surface area contributed by atoms with E-state index in [9.17, 15) is 9.59 Å². The quantitative estimate of drug-likeness (QED) is 0.868. The van der Waals surface area contributed by atoms with E-state index >= 15 is 0 Å². The monoisotopic (exact) mass is 367 g/mol. The molecule has 6 nitrogen and oxygen atoms in total. The minimum absolute atomic E-state index is 0.0603. The second kappa shape index (κ2) is 6.26. The number of rotatable bonds is 3. The summed E-state index contributed by atoms with van der Waals surface area (Å²) in [6, 6.07) is 5.83. The highest BCUT2D eigenvalue weighted by Crippen LogP contribution is 2.33. The van der Waals surface area contributed by atoms with E-state index in [2.05, 4.69) is 20.8 Å². The van der Waals surface area contributed by atoms with E-state index in [1.54, 1.807) is 4.90 Å². The van der Waals surface area contributed by atoms with Gasteiger partial charge in [-0.15, -0.1) is 0 Å². The molecule has 22 heavy (non-hydrogen) atoms. The third-order valence-electron chi connectivity index (χ3n) is 4.12. The molecular formula is C15H18BrN3O3. The topological polar surface area (TPSA) is 75.9 Å². The van der Waals surface area contributed by atoms with Crippen LogP contribution in [-0.2, 0) is 14.3 Å². The van der Waals surface area contributed by atoms with Crippen molar-refractivity contribution in [2.45, 2.75) is 6.42 Å². The van der Waals surface area contributed by atoms with Gasteiger partial charge in [0.15, 0.2) is 0 Å². The van der Waals surface area contributed by atoms with Gasteiger partial charge in [-0.1, -0.05) is 0 Å². The van der Waals surface area contributed by atoms with Gasteiger partial charge in [0.05, 0.1) is 24.8 Å². The van der Waals surface area contributed by atoms with Crippen LogP contribution in [0.15, 0.2) is 22.7 Å². The van der Waals surface area contributed by atoms with E-state index in [1.165, 1.54) is 0 Å². The van der Waals surface area contributed by atoms with Crippen LogP contribution in [0.25, 0.3) is 0 Å². The second-order valence-electron chi connectivity index (χ2n) is 5.54. The maximum Gasteiger partial charge on any atom is 0.227 e. The van der Waals surface area contributed by atoms with Crippen molar-refractivity contribution in [1.82, 2.24) is 0 Å². The van der Waals surface area contributed by atoms with E-state index < -0.39 is 11.8 Å². The second-order valence-corrected chi connectivity index (χ2v) is 6.40. The van der Waals surface area contributed by atoms with Gasteiger partial charge < -0.3 is 20.3 Å². The van der Waals surface area contributed by atoms with Crippen LogP contribution < -0.4 is 15.5 Å². The number of benzene rings is 1. The average molecular weight is 368 g/mol. The Bertz CT molecular complexity index is 602. The number of amides is 2. The molecule has 1 aromatic carbocycles. The molecule has 118 valence electrons. The zero-order valence-corrected chi connectivity index (χ0v) is 13.7. The normalized spacial score (nSPS) is 22.2. The van der Waals surface area contributed by atoms with Gasteiger partial charge in [-0.05, 0) is 34.1 Å². The molecule has 2 amide bonds. The average Bonchev–Trinajstić information content (AvgIpc) is 2.90. The Morgan fingerprint density at radius 1 is 1.32 bits per heavy atom. The highest BCUT2D eigenvalue weighted by molar-refractivity contribution is 9.10. The van der Waals surface area contributed by atoms with E-state index in [1.807, 2.05) is 18.2 Å². The SMILES string of the molecule is NC(=O)[C@H]1CC(=O)N(c2ccc(N3CCOCC3)c(Br)c2)C1. The van der Waals surface area contributed by atoms with E-state index in [0.717, 1.165) is 42.2 Å². The Labute approximate surface area is 137 Å². The molecule has 1 aromatic rings. The molecule has 2 heterocycles. The van der Waals surface area contributed by atoms with Gasteiger partial charge in [-0.3, -0.25) is 9.59 Å². The molecule has 0 bridgehead atoms. The Morgan fingerprint density at radius 3 is 2.64 bits per heavy atom. The third kappa shape index (κ3) is 2.96. The molecule has 7 heteroatoms. The van der Waals surface area contributed by atoms with E-state index in [0.29, 0.717) is 6.54 Å². The smallest absolute Gasteiger partial charge is 0.227 e. The maximum atomic E-state index is 12.1. The summed E-state index contributed by atoms with van der Waals surface area (Å²) in [5, 5.41) is 0. The summed E-state index contributed by atoms with van der Waals surface area (Å²) in [6.45, 7) is 3.50. The van der Waals surface area contributed by atoms with Gasteiger partial charge in [-0.25, -0.2) is 0 Å². The number of nitrogens with zero attached hydrogens (tertiary/aromatic N) is 2. The molecule has 2 aliphatic rings. The molecule has 2 saturated heterocycles. The molecule has 0 unspecified atom stereocenters. The lowest BCUT2D eigenvalue weighted by Gasteiger charge is -2.30. The number of morpholine rings is 1. The van der Waals surface area contributed by atoms with Crippen molar-refractivity contribution in [3.05, 3.63) is 22.7 Å². The van der Waals surface area contributed by atoms with Crippen molar-refractivity contribution in [3.63, 3.8) is 0 Å². The number of halogens is 1. The lowest BCUT2D eigenvalue weighted by molar-refractivity contribution is -0.123. The van der Waals surface area contributed by atoms with Crippen LogP contribution in [0.1, 0.15) is 6.42 Å². The van der Waals surface area contributed by atoms with Gasteiger partial charge in [0.25, 0.3) is 0 Å². The molecule has 2 N–H and O–H groups in total. The molecule has 0 radical (unpaired) electrons. The van der Waals surface area contributed by atoms with Gasteiger partial charge in [0.2, 0.25) is 11.8 Å². The van der Waals surface area contributed by atoms with Crippen molar-refractivity contribution >= 4 is 39.1 Å². The molecule has 0 spiro atoms. The number of hydrogen-bond donors (Lipinski definition) is 1. The van der Waals surface area contributed by atoms with Crippen LogP contribution in [0.4, 0.5) is 11.4 Å². The molecular weight excluding hydrogens is 350 g/mol. The number of nitrogens with two attached hydrogens (primary N) is 1. The highest BCUT2D eigenvalue weighted by Gasteiger charge is 2.34. The minimum Gasteiger partial charge on any atom is -0.378 e. The molecule has 2 fully saturated rings. The lowest BCUT2D eigenvalue weighted by Crippen LogP contribution is -2.36. The van der Waals surface area contributed by atoms with Crippen LogP contribution in [0.5, 0.6) is 0 Å². The number of carbonyl (C=O) groups is 2. The maximum absolute atomic E-state index is 12.1. The molecule has 3 rings (SSSR count). The Morgan fingerprint density at radius 2 is 2.05 bits per heavy atom. The molecule has 0 aliphatic carbocycles. The molecule has 1 atom stereocenters. The predicted molar refractivity (Wildman–Crippen MR) is 86.8 cm³/mol. The summed E-state index contributed by atoms with van der Waals surface area (Å²) < 4.78 is 6.29. The highest BCUT2D eigenvalue weighted by atomic mass is 79.9. The zero-order valence-electron chi connectivity index (χ0n) is 12.1. The molecule has 0 saturated carbocycles. The van der Waals surface area contributed by atoms with Gasteiger partial charge in [0, 0.05) is 36.2 Å². The Kier molecular flexibility index (Phi) is 4.35. The predicted octanol–water partition coefficient (Wildman–Crippen LogP) is 1.12. The van der Waals surface area contributed by atoms with Gasteiger partial charge in [-0.2, -0.15) is 0 Å². The summed E-state index contributed by atoms with van der Waals surface area (Å²) in [5.41, 5.74) is 7.18. The third-order valence-corrected chi connectivity index (χ3v) is 4.76. The number of ether oxygens (including phenoxy) is 1. The van der Waals surface area contributed by atoms with Crippen LogP contribution in [0.2, 0.25) is 0 Å². The van der Waals surface area contributed by atoms with Crippen molar-refractivity contribution in [2.24, 2.45) is 11.7 Å².